The summed E-state index contributed by atoms with van der Waals surface area (Å²) in [7, 11) is 0. The van der Waals surface area contributed by atoms with E-state index < -0.39 is 0 Å². The third-order valence-electron chi connectivity index (χ3n) is 4.86. The number of hydrogen-bond donors (Lipinski definition) is 2. The Morgan fingerprint density at radius 1 is 1.05 bits per heavy atom. The summed E-state index contributed by atoms with van der Waals surface area (Å²) in [6, 6.07) is 15.4. The lowest BCUT2D eigenvalue weighted by molar-refractivity contribution is 0.122. The topological polar surface area (TPSA) is 40.2 Å². The molecular weight excluding hydrogens is 272 g/mol. The van der Waals surface area contributed by atoms with Crippen LogP contribution < -0.4 is 10.9 Å². The van der Waals surface area contributed by atoms with E-state index in [0.29, 0.717) is 17.9 Å². The van der Waals surface area contributed by atoms with Crippen molar-refractivity contribution in [1.29, 1.82) is 0 Å². The fourth-order valence-corrected chi connectivity index (χ4v) is 3.60. The van der Waals surface area contributed by atoms with Crippen LogP contribution in [0.2, 0.25) is 0 Å². The predicted octanol–water partition coefficient (Wildman–Crippen LogP) is 1.95. The zero-order valence-corrected chi connectivity index (χ0v) is 12.7. The molecule has 4 rings (SSSR count). The van der Waals surface area contributed by atoms with Gasteiger partial charge in [-0.1, -0.05) is 36.4 Å². The number of aromatic nitrogens is 1. The average Bonchev–Trinajstić information content (AvgIpc) is 3.00. The van der Waals surface area contributed by atoms with Crippen LogP contribution in [0.1, 0.15) is 23.1 Å². The maximum atomic E-state index is 4.23. The van der Waals surface area contributed by atoms with E-state index >= 15 is 0 Å². The maximum absolute atomic E-state index is 4.23. The zero-order valence-electron chi connectivity index (χ0n) is 12.7. The zero-order chi connectivity index (χ0) is 14.8. The highest BCUT2D eigenvalue weighted by molar-refractivity contribution is 5.22. The molecule has 0 aliphatic carbocycles. The molecule has 3 heterocycles. The molecule has 0 saturated carbocycles. The molecule has 0 radical (unpaired) electrons. The molecule has 4 nitrogen and oxygen atoms in total. The lowest BCUT2D eigenvalue weighted by Crippen LogP contribution is -2.48. The molecule has 2 fully saturated rings. The van der Waals surface area contributed by atoms with Gasteiger partial charge in [0.1, 0.15) is 0 Å². The van der Waals surface area contributed by atoms with Gasteiger partial charge in [-0.15, -0.1) is 0 Å². The number of hydrazine groups is 1. The fraction of sp³-hybridized carbons (Fsp3) is 0.389. The Hall–Kier alpha value is -1.75. The van der Waals surface area contributed by atoms with Crippen molar-refractivity contribution in [2.45, 2.75) is 12.0 Å². The number of likely N-dealkylation sites (tertiary alicyclic amines) is 1. The van der Waals surface area contributed by atoms with E-state index in [1.54, 1.807) is 0 Å². The third-order valence-corrected chi connectivity index (χ3v) is 4.86. The van der Waals surface area contributed by atoms with Gasteiger partial charge < -0.3 is 4.90 Å². The highest BCUT2D eigenvalue weighted by atomic mass is 15.4. The maximum Gasteiger partial charge on any atom is 0.0515 e. The number of pyridine rings is 1. The Balaban J connectivity index is 1.35. The molecule has 114 valence electrons. The van der Waals surface area contributed by atoms with E-state index in [1.807, 2.05) is 18.5 Å². The molecule has 2 aliphatic rings. The van der Waals surface area contributed by atoms with E-state index in [9.17, 15) is 0 Å². The van der Waals surface area contributed by atoms with Crippen LogP contribution >= 0.6 is 0 Å². The minimum atomic E-state index is 0.415. The summed E-state index contributed by atoms with van der Waals surface area (Å²) in [6.07, 6.45) is 3.85. The lowest BCUT2D eigenvalue weighted by atomic mass is 9.89. The SMILES string of the molecule is c1ccc(C2NNCC2CN2CC(c3cccnc3)C2)cc1. The summed E-state index contributed by atoms with van der Waals surface area (Å²) >= 11 is 0. The lowest BCUT2D eigenvalue weighted by Gasteiger charge is -2.41. The van der Waals surface area contributed by atoms with Gasteiger partial charge in [-0.05, 0) is 17.2 Å². The summed E-state index contributed by atoms with van der Waals surface area (Å²) in [5, 5.41) is 0. The second-order valence-electron chi connectivity index (χ2n) is 6.38. The monoisotopic (exact) mass is 294 g/mol. The first-order valence-corrected chi connectivity index (χ1v) is 8.06. The molecule has 0 spiro atoms. The first kappa shape index (κ1) is 13.9. The summed E-state index contributed by atoms with van der Waals surface area (Å²) in [5.41, 5.74) is 9.52. The Morgan fingerprint density at radius 3 is 2.64 bits per heavy atom. The van der Waals surface area contributed by atoms with E-state index in [1.165, 1.54) is 11.1 Å². The van der Waals surface area contributed by atoms with E-state index in [4.69, 9.17) is 0 Å². The van der Waals surface area contributed by atoms with Crippen LogP contribution in [-0.2, 0) is 0 Å². The molecule has 2 aromatic rings. The van der Waals surface area contributed by atoms with Crippen LogP contribution in [0.25, 0.3) is 0 Å². The van der Waals surface area contributed by atoms with Crippen molar-refractivity contribution in [3.8, 4) is 0 Å². The largest absolute Gasteiger partial charge is 0.302 e. The number of rotatable bonds is 4. The van der Waals surface area contributed by atoms with E-state index in [0.717, 1.165) is 26.2 Å². The van der Waals surface area contributed by atoms with Gasteiger partial charge in [-0.3, -0.25) is 10.4 Å². The van der Waals surface area contributed by atoms with Crippen LogP contribution in [0.15, 0.2) is 54.9 Å². The molecule has 4 heteroatoms. The van der Waals surface area contributed by atoms with Crippen molar-refractivity contribution in [2.75, 3.05) is 26.2 Å². The average molecular weight is 294 g/mol. The van der Waals surface area contributed by atoms with Gasteiger partial charge in [0.25, 0.3) is 0 Å². The number of nitrogens with one attached hydrogen (secondary N) is 2. The Labute approximate surface area is 131 Å². The molecule has 2 atom stereocenters. The van der Waals surface area contributed by atoms with Crippen molar-refractivity contribution in [1.82, 2.24) is 20.7 Å². The van der Waals surface area contributed by atoms with E-state index in [-0.39, 0.29) is 0 Å². The standard InChI is InChI=1S/C18H22N4/c1-2-5-14(6-3-1)18-16(10-20-21-18)11-22-12-17(13-22)15-7-4-8-19-9-15/h1-9,16-18,20-21H,10-13H2. The van der Waals surface area contributed by atoms with Gasteiger partial charge in [0.05, 0.1) is 6.04 Å². The Kier molecular flexibility index (Phi) is 3.89. The van der Waals surface area contributed by atoms with Crippen LogP contribution in [-0.4, -0.2) is 36.1 Å². The number of benzene rings is 1. The minimum Gasteiger partial charge on any atom is -0.302 e. The first-order chi connectivity index (χ1) is 10.9. The van der Waals surface area contributed by atoms with Crippen LogP contribution in [0, 0.1) is 5.92 Å². The highest BCUT2D eigenvalue weighted by Crippen LogP contribution is 2.31. The second kappa shape index (κ2) is 6.16. The molecule has 2 unspecified atom stereocenters. The van der Waals surface area contributed by atoms with Gasteiger partial charge >= 0.3 is 0 Å². The summed E-state index contributed by atoms with van der Waals surface area (Å²) in [4.78, 5) is 6.79. The summed E-state index contributed by atoms with van der Waals surface area (Å²) < 4.78 is 0. The molecule has 2 N–H and O–H groups in total. The van der Waals surface area contributed by atoms with Gasteiger partial charge in [0.15, 0.2) is 0 Å². The Morgan fingerprint density at radius 2 is 1.86 bits per heavy atom. The van der Waals surface area contributed by atoms with Crippen molar-refractivity contribution < 1.29 is 0 Å². The first-order valence-electron chi connectivity index (χ1n) is 8.06. The van der Waals surface area contributed by atoms with Crippen LogP contribution in [0.3, 0.4) is 0 Å². The highest BCUT2D eigenvalue weighted by Gasteiger charge is 2.34. The van der Waals surface area contributed by atoms with Gasteiger partial charge in [0.2, 0.25) is 0 Å². The summed E-state index contributed by atoms with van der Waals surface area (Å²) in [6.45, 7) is 4.50. The minimum absolute atomic E-state index is 0.415. The molecule has 2 aliphatic heterocycles. The van der Waals surface area contributed by atoms with Crippen LogP contribution in [0.5, 0.6) is 0 Å². The second-order valence-corrected chi connectivity index (χ2v) is 6.38. The van der Waals surface area contributed by atoms with E-state index in [2.05, 4.69) is 57.1 Å². The quantitative estimate of drug-likeness (QED) is 0.904. The molecular formula is C18H22N4. The van der Waals surface area contributed by atoms with Crippen molar-refractivity contribution >= 4 is 0 Å². The fourth-order valence-electron chi connectivity index (χ4n) is 3.60. The van der Waals surface area contributed by atoms with Crippen molar-refractivity contribution in [3.63, 3.8) is 0 Å². The predicted molar refractivity (Wildman–Crippen MR) is 87.2 cm³/mol. The summed E-state index contributed by atoms with van der Waals surface area (Å²) in [5.74, 6) is 1.28. The molecule has 1 aromatic carbocycles. The van der Waals surface area contributed by atoms with Crippen LogP contribution in [0.4, 0.5) is 0 Å². The molecule has 2 saturated heterocycles. The molecule has 1 aromatic heterocycles. The molecule has 0 bridgehead atoms. The number of hydrogen-bond acceptors (Lipinski definition) is 4. The van der Waals surface area contributed by atoms with Gasteiger partial charge in [-0.2, -0.15) is 0 Å². The number of nitrogens with zero attached hydrogens (tertiary/aromatic N) is 2. The van der Waals surface area contributed by atoms with Crippen molar-refractivity contribution in [2.24, 2.45) is 5.92 Å². The normalized spacial score (nSPS) is 26.0. The van der Waals surface area contributed by atoms with Gasteiger partial charge in [0, 0.05) is 50.4 Å². The molecule has 22 heavy (non-hydrogen) atoms. The smallest absolute Gasteiger partial charge is 0.0515 e. The van der Waals surface area contributed by atoms with Crippen molar-refractivity contribution in [3.05, 3.63) is 66.0 Å². The molecule has 0 amide bonds. The van der Waals surface area contributed by atoms with Gasteiger partial charge in [-0.25, -0.2) is 5.43 Å². The third kappa shape index (κ3) is 2.77. The Bertz CT molecular complexity index is 595.